The molecule has 0 aliphatic carbocycles. The third-order valence-electron chi connectivity index (χ3n) is 6.28. The van der Waals surface area contributed by atoms with Gasteiger partial charge in [-0.2, -0.15) is 0 Å². The molecule has 1 aromatic heterocycles. The number of anilines is 2. The normalized spacial score (nSPS) is 18.5. The topological polar surface area (TPSA) is 117 Å². The molecule has 3 heterocycles. The van der Waals surface area contributed by atoms with Gasteiger partial charge < -0.3 is 19.7 Å². The van der Waals surface area contributed by atoms with E-state index in [-0.39, 0.29) is 40.8 Å². The Morgan fingerprint density at radius 1 is 1.32 bits per heavy atom. The number of likely N-dealkylation sites (tertiary alicyclic amines) is 1. The largest absolute Gasteiger partial charge is 0.487 e. The van der Waals surface area contributed by atoms with Gasteiger partial charge in [0.1, 0.15) is 17.9 Å². The van der Waals surface area contributed by atoms with Crippen LogP contribution in [0, 0.1) is 15.9 Å². The molecule has 0 radical (unpaired) electrons. The monoisotopic (exact) mass is 535 g/mol. The molecule has 4 rings (SSSR count). The molecular weight excluding hydrogens is 505 g/mol. The number of amides is 2. The van der Waals surface area contributed by atoms with Crippen molar-refractivity contribution in [2.24, 2.45) is 0 Å². The van der Waals surface area contributed by atoms with Gasteiger partial charge in [0, 0.05) is 51.6 Å². The van der Waals surface area contributed by atoms with Crippen molar-refractivity contribution in [3.05, 3.63) is 45.1 Å². The van der Waals surface area contributed by atoms with Crippen LogP contribution in [0.15, 0.2) is 24.3 Å². The average molecular weight is 536 g/mol. The Labute approximate surface area is 217 Å². The Morgan fingerprint density at radius 2 is 2.05 bits per heavy atom. The Hall–Kier alpha value is -3.45. The molecule has 37 heavy (non-hydrogen) atoms. The maximum atomic E-state index is 14.8. The number of benzene rings is 1. The average Bonchev–Trinajstić information content (AvgIpc) is 3.44. The number of thiophene rings is 1. The van der Waals surface area contributed by atoms with Crippen LogP contribution in [0.5, 0.6) is 5.75 Å². The van der Waals surface area contributed by atoms with Crippen molar-refractivity contribution >= 4 is 39.7 Å². The summed E-state index contributed by atoms with van der Waals surface area (Å²) < 4.78 is 26.0. The maximum absolute atomic E-state index is 14.8. The number of carbonyl (C=O) groups excluding carboxylic acids is 2. The zero-order chi connectivity index (χ0) is 26.7. The molecule has 11 nitrogen and oxygen atoms in total. The highest BCUT2D eigenvalue weighted by Crippen LogP contribution is 2.37. The van der Waals surface area contributed by atoms with Crippen LogP contribution in [-0.2, 0) is 16.1 Å². The minimum Gasteiger partial charge on any atom is -0.487 e. The van der Waals surface area contributed by atoms with E-state index in [0.29, 0.717) is 30.8 Å². The van der Waals surface area contributed by atoms with E-state index in [1.807, 2.05) is 6.07 Å². The Kier molecular flexibility index (Phi) is 8.13. The molecule has 2 fully saturated rings. The lowest BCUT2D eigenvalue weighted by atomic mass is 10.1. The first-order valence-electron chi connectivity index (χ1n) is 12.0. The number of hydrogen-bond donors (Lipinski definition) is 1. The summed E-state index contributed by atoms with van der Waals surface area (Å²) in [5.74, 6) is -0.670. The van der Waals surface area contributed by atoms with Crippen LogP contribution in [0.2, 0.25) is 0 Å². The predicted molar refractivity (Wildman–Crippen MR) is 137 cm³/mol. The van der Waals surface area contributed by atoms with Crippen molar-refractivity contribution < 1.29 is 28.4 Å². The summed E-state index contributed by atoms with van der Waals surface area (Å²) >= 11 is 1.19. The van der Waals surface area contributed by atoms with Gasteiger partial charge in [0.25, 0.3) is 0 Å². The summed E-state index contributed by atoms with van der Waals surface area (Å²) in [7, 11) is 3.57. The van der Waals surface area contributed by atoms with Gasteiger partial charge in [-0.1, -0.05) is 11.3 Å². The van der Waals surface area contributed by atoms with E-state index < -0.39 is 18.0 Å². The van der Waals surface area contributed by atoms with E-state index in [9.17, 15) is 24.1 Å². The van der Waals surface area contributed by atoms with E-state index in [0.717, 1.165) is 18.0 Å². The number of halogens is 1. The molecule has 1 N–H and O–H groups in total. The summed E-state index contributed by atoms with van der Waals surface area (Å²) in [6.45, 7) is 3.85. The number of rotatable bonds is 9. The second-order valence-corrected chi connectivity index (χ2v) is 10.4. The van der Waals surface area contributed by atoms with Crippen LogP contribution in [0.4, 0.5) is 25.6 Å². The first kappa shape index (κ1) is 26.6. The van der Waals surface area contributed by atoms with Crippen molar-refractivity contribution in [1.82, 2.24) is 10.2 Å². The molecule has 2 amide bonds. The van der Waals surface area contributed by atoms with Gasteiger partial charge in [0.2, 0.25) is 5.91 Å². The lowest BCUT2D eigenvalue weighted by Gasteiger charge is -2.32. The van der Waals surface area contributed by atoms with E-state index in [4.69, 9.17) is 9.47 Å². The van der Waals surface area contributed by atoms with Crippen molar-refractivity contribution in [2.75, 3.05) is 50.1 Å². The summed E-state index contributed by atoms with van der Waals surface area (Å²) in [6, 6.07) is 6.24. The van der Waals surface area contributed by atoms with Crippen molar-refractivity contribution in [3.63, 3.8) is 0 Å². The number of carbonyl (C=O) groups is 2. The fourth-order valence-corrected chi connectivity index (χ4v) is 5.47. The molecule has 0 bridgehead atoms. The molecule has 0 spiro atoms. The third-order valence-corrected chi connectivity index (χ3v) is 7.34. The van der Waals surface area contributed by atoms with Crippen LogP contribution in [-0.4, -0.2) is 74.3 Å². The fourth-order valence-electron chi connectivity index (χ4n) is 4.38. The van der Waals surface area contributed by atoms with Gasteiger partial charge in [-0.3, -0.25) is 24.7 Å². The molecule has 2 aromatic rings. The van der Waals surface area contributed by atoms with Gasteiger partial charge in [0.05, 0.1) is 23.7 Å². The number of piperidine rings is 1. The van der Waals surface area contributed by atoms with E-state index >= 15 is 0 Å². The molecule has 1 aromatic carbocycles. The molecule has 1 atom stereocenters. The fraction of sp³-hybridized carbons (Fsp3) is 0.500. The van der Waals surface area contributed by atoms with Gasteiger partial charge in [-0.05, 0) is 31.0 Å². The van der Waals surface area contributed by atoms with Crippen LogP contribution in [0.25, 0.3) is 0 Å². The Balaban J connectivity index is 1.30. The van der Waals surface area contributed by atoms with Crippen LogP contribution >= 0.6 is 11.3 Å². The highest BCUT2D eigenvalue weighted by Gasteiger charge is 2.33. The van der Waals surface area contributed by atoms with Crippen LogP contribution in [0.1, 0.15) is 24.6 Å². The van der Waals surface area contributed by atoms with E-state index in [1.54, 1.807) is 25.1 Å². The molecule has 2 saturated heterocycles. The SMILES string of the molecule is CC(=O)NC[C@H]1CN(c2ccc(OC3CCN(Cc4cc(N(C)C)c([N+](=O)[O-])s4)CC3)c(F)c2)C(=O)O1. The molecule has 2 aliphatic heterocycles. The van der Waals surface area contributed by atoms with Crippen LogP contribution < -0.4 is 19.9 Å². The molecule has 13 heteroatoms. The Bertz CT molecular complexity index is 1170. The van der Waals surface area contributed by atoms with Gasteiger partial charge in [0.15, 0.2) is 11.6 Å². The molecule has 0 unspecified atom stereocenters. The van der Waals surface area contributed by atoms with E-state index in [1.165, 1.54) is 35.3 Å². The number of ether oxygens (including phenoxy) is 2. The smallest absolute Gasteiger partial charge is 0.414 e. The van der Waals surface area contributed by atoms with Crippen molar-refractivity contribution in [1.29, 1.82) is 0 Å². The van der Waals surface area contributed by atoms with Crippen LogP contribution in [0.3, 0.4) is 0 Å². The number of cyclic esters (lactones) is 1. The second-order valence-electron chi connectivity index (χ2n) is 9.32. The van der Waals surface area contributed by atoms with Gasteiger partial charge in [-0.15, -0.1) is 0 Å². The lowest BCUT2D eigenvalue weighted by Crippen LogP contribution is -2.37. The first-order valence-corrected chi connectivity index (χ1v) is 12.8. The zero-order valence-corrected chi connectivity index (χ0v) is 21.8. The summed E-state index contributed by atoms with van der Waals surface area (Å²) in [4.78, 5) is 40.5. The highest BCUT2D eigenvalue weighted by molar-refractivity contribution is 7.16. The maximum Gasteiger partial charge on any atom is 0.414 e. The molecular formula is C24H30FN5O6S. The predicted octanol–water partition coefficient (Wildman–Crippen LogP) is 3.37. The quantitative estimate of drug-likeness (QED) is 0.384. The summed E-state index contributed by atoms with van der Waals surface area (Å²) in [5.41, 5.74) is 0.963. The number of nitrogens with zero attached hydrogens (tertiary/aromatic N) is 4. The van der Waals surface area contributed by atoms with Crippen molar-refractivity contribution in [3.8, 4) is 5.75 Å². The summed E-state index contributed by atoms with van der Waals surface area (Å²) in [6.07, 6.45) is 0.127. The van der Waals surface area contributed by atoms with Crippen molar-refractivity contribution in [2.45, 2.75) is 38.5 Å². The van der Waals surface area contributed by atoms with E-state index in [2.05, 4.69) is 10.2 Å². The third kappa shape index (κ3) is 6.46. The Morgan fingerprint density at radius 3 is 2.65 bits per heavy atom. The number of nitro groups is 1. The molecule has 2 aliphatic rings. The number of nitrogens with one attached hydrogen (secondary N) is 1. The van der Waals surface area contributed by atoms with Gasteiger partial charge >= 0.3 is 11.1 Å². The minimum atomic E-state index is -0.593. The summed E-state index contributed by atoms with van der Waals surface area (Å²) in [5, 5.41) is 14.1. The lowest BCUT2D eigenvalue weighted by molar-refractivity contribution is -0.379. The number of hydrogen-bond acceptors (Lipinski definition) is 9. The molecule has 200 valence electrons. The standard InChI is InChI=1S/C24H30FN5O6S/c1-15(31)26-12-18-13-29(24(32)36-18)16-4-5-22(20(25)10-16)35-17-6-8-28(9-7-17)14-19-11-21(27(2)3)23(37-19)30(33)34/h4-5,10-11,17-18H,6-9,12-14H2,1-3H3,(H,26,31)/t18-/m0/s1. The molecule has 0 saturated carbocycles. The minimum absolute atomic E-state index is 0.120. The zero-order valence-electron chi connectivity index (χ0n) is 20.9. The first-order chi connectivity index (χ1) is 17.6. The highest BCUT2D eigenvalue weighted by atomic mass is 32.1. The van der Waals surface area contributed by atoms with Gasteiger partial charge in [-0.25, -0.2) is 9.18 Å². The second kappa shape index (κ2) is 11.3.